The van der Waals surface area contributed by atoms with Gasteiger partial charge in [-0.3, -0.25) is 4.79 Å². The number of hydrogen-bond acceptors (Lipinski definition) is 4. The van der Waals surface area contributed by atoms with Gasteiger partial charge in [0.15, 0.2) is 0 Å². The number of hydrogen-bond donors (Lipinski definition) is 2. The standard InChI is InChI=1S/C13H22BrN3O2/c1-4-7-17-12(19)11(14)10(9-15-17)16-13(3,5-2)6-8-18/h9,16,18H,4-8H2,1-3H3. The first-order valence-electron chi connectivity index (χ1n) is 6.62. The number of aryl methyl sites for hydroxylation is 1. The van der Waals surface area contributed by atoms with Gasteiger partial charge in [-0.2, -0.15) is 5.10 Å². The van der Waals surface area contributed by atoms with E-state index in [9.17, 15) is 4.79 Å². The molecular formula is C13H22BrN3O2. The maximum atomic E-state index is 12.1. The van der Waals surface area contributed by atoms with Gasteiger partial charge in [-0.05, 0) is 42.1 Å². The van der Waals surface area contributed by atoms with Gasteiger partial charge in [-0.15, -0.1) is 0 Å². The van der Waals surface area contributed by atoms with Gasteiger partial charge < -0.3 is 10.4 Å². The van der Waals surface area contributed by atoms with Gasteiger partial charge in [-0.25, -0.2) is 4.68 Å². The van der Waals surface area contributed by atoms with Crippen LogP contribution in [0.5, 0.6) is 0 Å². The van der Waals surface area contributed by atoms with E-state index in [2.05, 4.69) is 26.3 Å². The Bertz CT molecular complexity index is 475. The molecule has 19 heavy (non-hydrogen) atoms. The molecule has 1 atom stereocenters. The van der Waals surface area contributed by atoms with E-state index in [0.717, 1.165) is 12.8 Å². The number of halogens is 1. The van der Waals surface area contributed by atoms with Crippen molar-refractivity contribution in [3.63, 3.8) is 0 Å². The molecule has 0 bridgehead atoms. The third-order valence-corrected chi connectivity index (χ3v) is 4.07. The van der Waals surface area contributed by atoms with Gasteiger partial charge in [0.25, 0.3) is 5.56 Å². The van der Waals surface area contributed by atoms with Gasteiger partial charge in [0.05, 0.1) is 11.9 Å². The predicted molar refractivity (Wildman–Crippen MR) is 80.5 cm³/mol. The van der Waals surface area contributed by atoms with E-state index in [1.54, 1.807) is 6.20 Å². The van der Waals surface area contributed by atoms with Crippen molar-refractivity contribution in [1.29, 1.82) is 0 Å². The van der Waals surface area contributed by atoms with Crippen LogP contribution in [0.25, 0.3) is 0 Å². The van der Waals surface area contributed by atoms with Gasteiger partial charge >= 0.3 is 0 Å². The number of rotatable bonds is 7. The molecule has 0 spiro atoms. The summed E-state index contributed by atoms with van der Waals surface area (Å²) in [5.74, 6) is 0. The van der Waals surface area contributed by atoms with Crippen LogP contribution in [-0.4, -0.2) is 27.0 Å². The monoisotopic (exact) mass is 331 g/mol. The molecule has 1 aromatic heterocycles. The van der Waals surface area contributed by atoms with Crippen LogP contribution in [0.1, 0.15) is 40.0 Å². The normalized spacial score (nSPS) is 14.2. The molecule has 0 fully saturated rings. The zero-order valence-corrected chi connectivity index (χ0v) is 13.3. The molecule has 0 aliphatic carbocycles. The summed E-state index contributed by atoms with van der Waals surface area (Å²) in [5, 5.41) is 16.6. The van der Waals surface area contributed by atoms with Gasteiger partial charge in [0.2, 0.25) is 0 Å². The lowest BCUT2D eigenvalue weighted by Crippen LogP contribution is -2.36. The molecule has 0 amide bonds. The maximum Gasteiger partial charge on any atom is 0.283 e. The van der Waals surface area contributed by atoms with Crippen molar-refractivity contribution in [2.75, 3.05) is 11.9 Å². The van der Waals surface area contributed by atoms with Crippen molar-refractivity contribution in [2.45, 2.75) is 52.1 Å². The summed E-state index contributed by atoms with van der Waals surface area (Å²) in [6.07, 6.45) is 3.99. The van der Waals surface area contributed by atoms with Crippen LogP contribution < -0.4 is 10.9 Å². The molecule has 0 radical (unpaired) electrons. The van der Waals surface area contributed by atoms with Gasteiger partial charge in [0.1, 0.15) is 4.47 Å². The Hall–Kier alpha value is -0.880. The third-order valence-electron chi connectivity index (χ3n) is 3.30. The molecule has 6 heteroatoms. The summed E-state index contributed by atoms with van der Waals surface area (Å²) < 4.78 is 1.94. The Kier molecular flexibility index (Phi) is 6.00. The van der Waals surface area contributed by atoms with Crippen molar-refractivity contribution in [3.8, 4) is 0 Å². The highest BCUT2D eigenvalue weighted by Crippen LogP contribution is 2.25. The van der Waals surface area contributed by atoms with Crippen molar-refractivity contribution in [2.24, 2.45) is 0 Å². The fourth-order valence-electron chi connectivity index (χ4n) is 1.82. The van der Waals surface area contributed by atoms with Crippen molar-refractivity contribution in [1.82, 2.24) is 9.78 Å². The molecule has 0 aliphatic rings. The van der Waals surface area contributed by atoms with Crippen molar-refractivity contribution >= 4 is 21.6 Å². The molecule has 1 heterocycles. The first-order valence-corrected chi connectivity index (χ1v) is 7.41. The minimum Gasteiger partial charge on any atom is -0.396 e. The maximum absolute atomic E-state index is 12.1. The smallest absolute Gasteiger partial charge is 0.283 e. The molecule has 0 saturated heterocycles. The number of nitrogens with one attached hydrogen (secondary N) is 1. The molecule has 1 unspecified atom stereocenters. The second kappa shape index (κ2) is 7.05. The SMILES string of the molecule is CCCn1ncc(NC(C)(CC)CCO)c(Br)c1=O. The fraction of sp³-hybridized carbons (Fsp3) is 0.692. The first kappa shape index (κ1) is 16.2. The fourth-order valence-corrected chi connectivity index (χ4v) is 2.23. The highest BCUT2D eigenvalue weighted by atomic mass is 79.9. The van der Waals surface area contributed by atoms with Gasteiger partial charge in [-0.1, -0.05) is 13.8 Å². The summed E-state index contributed by atoms with van der Waals surface area (Å²) in [7, 11) is 0. The number of nitrogens with zero attached hydrogens (tertiary/aromatic N) is 2. The van der Waals surface area contributed by atoms with E-state index in [0.29, 0.717) is 23.1 Å². The van der Waals surface area contributed by atoms with E-state index in [1.807, 2.05) is 20.8 Å². The quantitative estimate of drug-likeness (QED) is 0.804. The van der Waals surface area contributed by atoms with Crippen LogP contribution in [0.15, 0.2) is 15.5 Å². The predicted octanol–water partition coefficient (Wildman–Crippen LogP) is 2.38. The van der Waals surface area contributed by atoms with E-state index in [1.165, 1.54) is 4.68 Å². The molecule has 2 N–H and O–H groups in total. The zero-order chi connectivity index (χ0) is 14.5. The van der Waals surface area contributed by atoms with E-state index in [4.69, 9.17) is 5.11 Å². The molecular weight excluding hydrogens is 310 g/mol. The molecule has 0 aromatic carbocycles. The average molecular weight is 332 g/mol. The van der Waals surface area contributed by atoms with Crippen molar-refractivity contribution in [3.05, 3.63) is 21.0 Å². The highest BCUT2D eigenvalue weighted by molar-refractivity contribution is 9.10. The second-order valence-corrected chi connectivity index (χ2v) is 5.71. The zero-order valence-electron chi connectivity index (χ0n) is 11.7. The molecule has 1 rings (SSSR count). The minimum atomic E-state index is -0.248. The van der Waals surface area contributed by atoms with Crippen LogP contribution in [-0.2, 0) is 6.54 Å². The number of aliphatic hydroxyl groups is 1. The molecule has 0 aliphatic heterocycles. The van der Waals surface area contributed by atoms with Crippen LogP contribution in [0.4, 0.5) is 5.69 Å². The molecule has 5 nitrogen and oxygen atoms in total. The summed E-state index contributed by atoms with van der Waals surface area (Å²) in [6.45, 7) is 6.79. The van der Waals surface area contributed by atoms with E-state index in [-0.39, 0.29) is 17.7 Å². The van der Waals surface area contributed by atoms with Crippen LogP contribution >= 0.6 is 15.9 Å². The van der Waals surface area contributed by atoms with Crippen LogP contribution in [0.3, 0.4) is 0 Å². The van der Waals surface area contributed by atoms with Crippen LogP contribution in [0.2, 0.25) is 0 Å². The first-order chi connectivity index (χ1) is 8.97. The summed E-state index contributed by atoms with van der Waals surface area (Å²) >= 11 is 3.34. The summed E-state index contributed by atoms with van der Waals surface area (Å²) in [6, 6.07) is 0. The lowest BCUT2D eigenvalue weighted by Gasteiger charge is -2.30. The highest BCUT2D eigenvalue weighted by Gasteiger charge is 2.23. The molecule has 1 aromatic rings. The number of aliphatic hydroxyl groups excluding tert-OH is 1. The topological polar surface area (TPSA) is 67.2 Å². The second-order valence-electron chi connectivity index (χ2n) is 4.91. The van der Waals surface area contributed by atoms with Crippen LogP contribution in [0, 0.1) is 0 Å². The number of aromatic nitrogens is 2. The Balaban J connectivity index is 3.03. The Labute approximate surface area is 122 Å². The van der Waals surface area contributed by atoms with Crippen molar-refractivity contribution < 1.29 is 5.11 Å². The van der Waals surface area contributed by atoms with Gasteiger partial charge in [0, 0.05) is 18.7 Å². The van der Waals surface area contributed by atoms with E-state index >= 15 is 0 Å². The third kappa shape index (κ3) is 4.04. The lowest BCUT2D eigenvalue weighted by atomic mass is 9.95. The van der Waals surface area contributed by atoms with E-state index < -0.39 is 0 Å². The Morgan fingerprint density at radius 2 is 2.21 bits per heavy atom. The molecule has 108 valence electrons. The number of anilines is 1. The summed E-state index contributed by atoms with van der Waals surface area (Å²) in [5.41, 5.74) is 0.298. The Morgan fingerprint density at radius 1 is 1.53 bits per heavy atom. The molecule has 0 saturated carbocycles. The minimum absolute atomic E-state index is 0.106. The lowest BCUT2D eigenvalue weighted by molar-refractivity contribution is 0.252. The summed E-state index contributed by atoms with van der Waals surface area (Å²) in [4.78, 5) is 12.1. The largest absolute Gasteiger partial charge is 0.396 e. The average Bonchev–Trinajstić information content (AvgIpc) is 2.39. The Morgan fingerprint density at radius 3 is 2.74 bits per heavy atom.